The Bertz CT molecular complexity index is 390. The van der Waals surface area contributed by atoms with E-state index in [0.29, 0.717) is 0 Å². The second-order valence-electron chi connectivity index (χ2n) is 5.62. The summed E-state index contributed by atoms with van der Waals surface area (Å²) in [5.41, 5.74) is 1.17. The lowest BCUT2D eigenvalue weighted by Gasteiger charge is -2.25. The van der Waals surface area contributed by atoms with Gasteiger partial charge in [-0.05, 0) is 45.8 Å². The number of rotatable bonds is 3. The molecule has 0 amide bonds. The molecule has 1 unspecified atom stereocenters. The van der Waals surface area contributed by atoms with Crippen LogP contribution in [0.4, 0.5) is 0 Å². The van der Waals surface area contributed by atoms with Crippen molar-refractivity contribution in [2.45, 2.75) is 38.6 Å². The average molecular weight is 265 g/mol. The monoisotopic (exact) mass is 265 g/mol. The molecule has 100 valence electrons. The van der Waals surface area contributed by atoms with Crippen molar-refractivity contribution in [3.63, 3.8) is 0 Å². The van der Waals surface area contributed by atoms with E-state index in [-0.39, 0.29) is 0 Å². The minimum Gasteiger partial charge on any atom is -0.301 e. The summed E-state index contributed by atoms with van der Waals surface area (Å²) in [5.74, 6) is 0. The first kappa shape index (κ1) is 12.6. The molecule has 3 heterocycles. The first-order valence-electron chi connectivity index (χ1n) is 7.19. The summed E-state index contributed by atoms with van der Waals surface area (Å²) in [5, 5.41) is 3.47. The topological polar surface area (TPSA) is 19.4 Å². The number of hydrogen-bond donors (Lipinski definition) is 0. The zero-order chi connectivity index (χ0) is 12.4. The van der Waals surface area contributed by atoms with Crippen LogP contribution in [-0.2, 0) is 6.42 Å². The first-order chi connectivity index (χ1) is 8.81. The summed E-state index contributed by atoms with van der Waals surface area (Å²) in [6.45, 7) is 8.49. The smallest absolute Gasteiger partial charge is 0.0940 e. The van der Waals surface area contributed by atoms with Gasteiger partial charge < -0.3 is 4.90 Å². The van der Waals surface area contributed by atoms with E-state index in [9.17, 15) is 0 Å². The fourth-order valence-corrected chi connectivity index (χ4v) is 4.02. The molecule has 2 saturated heterocycles. The van der Waals surface area contributed by atoms with Crippen LogP contribution in [0.15, 0.2) is 5.38 Å². The third-order valence-electron chi connectivity index (χ3n) is 4.20. The van der Waals surface area contributed by atoms with Gasteiger partial charge in [-0.2, -0.15) is 0 Å². The highest BCUT2D eigenvalue weighted by Crippen LogP contribution is 2.21. The number of fused-ring (bicyclic) bond motifs is 1. The highest BCUT2D eigenvalue weighted by Gasteiger charge is 2.28. The molecule has 0 saturated carbocycles. The van der Waals surface area contributed by atoms with Gasteiger partial charge in [-0.15, -0.1) is 11.3 Å². The third-order valence-corrected chi connectivity index (χ3v) is 5.22. The Kier molecular flexibility index (Phi) is 3.97. The number of aryl methyl sites for hydroxylation is 1. The fraction of sp³-hybridized carbons (Fsp3) is 0.786. The van der Waals surface area contributed by atoms with E-state index in [4.69, 9.17) is 0 Å². The quantitative estimate of drug-likeness (QED) is 0.835. The van der Waals surface area contributed by atoms with Crippen molar-refractivity contribution in [1.82, 2.24) is 14.8 Å². The van der Waals surface area contributed by atoms with Gasteiger partial charge >= 0.3 is 0 Å². The van der Waals surface area contributed by atoms with E-state index in [1.165, 1.54) is 62.7 Å². The minimum absolute atomic E-state index is 0.838. The molecule has 2 aliphatic heterocycles. The molecule has 3 nitrogen and oxygen atoms in total. The Morgan fingerprint density at radius 2 is 2.22 bits per heavy atom. The molecular formula is C14H23N3S. The summed E-state index contributed by atoms with van der Waals surface area (Å²) < 4.78 is 0. The summed E-state index contributed by atoms with van der Waals surface area (Å²) >= 11 is 1.81. The summed E-state index contributed by atoms with van der Waals surface area (Å²) in [4.78, 5) is 9.93. The lowest BCUT2D eigenvalue weighted by atomic mass is 10.2. The van der Waals surface area contributed by atoms with Crippen molar-refractivity contribution >= 4 is 11.3 Å². The van der Waals surface area contributed by atoms with Gasteiger partial charge in [0.2, 0.25) is 0 Å². The van der Waals surface area contributed by atoms with E-state index >= 15 is 0 Å². The molecule has 0 aliphatic carbocycles. The molecule has 1 aromatic rings. The molecule has 2 aliphatic rings. The minimum atomic E-state index is 0.838. The van der Waals surface area contributed by atoms with E-state index in [1.807, 2.05) is 11.3 Å². The van der Waals surface area contributed by atoms with Crippen molar-refractivity contribution in [3.05, 3.63) is 16.1 Å². The van der Waals surface area contributed by atoms with E-state index < -0.39 is 0 Å². The lowest BCUT2D eigenvalue weighted by Crippen LogP contribution is -2.37. The Balaban J connectivity index is 1.52. The van der Waals surface area contributed by atoms with Crippen LogP contribution in [0, 0.1) is 6.92 Å². The van der Waals surface area contributed by atoms with Crippen LogP contribution in [0.25, 0.3) is 0 Å². The highest BCUT2D eigenvalue weighted by atomic mass is 32.1. The molecule has 1 aromatic heterocycles. The largest absolute Gasteiger partial charge is 0.301 e. The summed E-state index contributed by atoms with van der Waals surface area (Å²) in [6, 6.07) is 0.838. The predicted octanol–water partition coefficient (Wildman–Crippen LogP) is 2.16. The van der Waals surface area contributed by atoms with Gasteiger partial charge in [-0.25, -0.2) is 4.98 Å². The number of nitrogens with zero attached hydrogens (tertiary/aromatic N) is 3. The maximum absolute atomic E-state index is 4.57. The van der Waals surface area contributed by atoms with Gasteiger partial charge in [0.15, 0.2) is 0 Å². The van der Waals surface area contributed by atoms with Crippen LogP contribution in [0.5, 0.6) is 0 Å². The average Bonchev–Trinajstić information content (AvgIpc) is 2.92. The molecule has 3 rings (SSSR count). The standard InChI is InChI=1S/C14H23N3S/c1-12-11-18-14(15-12)5-9-16-6-3-8-17-7-2-4-13(17)10-16/h11,13H,2-10H2,1H3. The third kappa shape index (κ3) is 2.92. The second-order valence-corrected chi connectivity index (χ2v) is 6.56. The van der Waals surface area contributed by atoms with E-state index in [1.54, 1.807) is 0 Å². The molecule has 18 heavy (non-hydrogen) atoms. The maximum atomic E-state index is 4.57. The normalized spacial score (nSPS) is 26.2. The molecule has 0 aromatic carbocycles. The molecule has 0 bridgehead atoms. The Labute approximate surface area is 114 Å². The van der Waals surface area contributed by atoms with E-state index in [2.05, 4.69) is 27.1 Å². The molecule has 1 atom stereocenters. The van der Waals surface area contributed by atoms with Crippen molar-refractivity contribution in [1.29, 1.82) is 0 Å². The highest BCUT2D eigenvalue weighted by molar-refractivity contribution is 7.09. The zero-order valence-electron chi connectivity index (χ0n) is 11.3. The molecule has 0 radical (unpaired) electrons. The SMILES string of the molecule is Cc1csc(CCN2CCCN3CCCC3C2)n1. The Morgan fingerprint density at radius 1 is 1.33 bits per heavy atom. The molecule has 4 heteroatoms. The Morgan fingerprint density at radius 3 is 3.06 bits per heavy atom. The van der Waals surface area contributed by atoms with Crippen LogP contribution in [-0.4, -0.2) is 53.5 Å². The van der Waals surface area contributed by atoms with Gasteiger partial charge in [-0.1, -0.05) is 0 Å². The van der Waals surface area contributed by atoms with Crippen molar-refractivity contribution in [3.8, 4) is 0 Å². The number of aromatic nitrogens is 1. The molecular weight excluding hydrogens is 242 g/mol. The van der Waals surface area contributed by atoms with Crippen molar-refractivity contribution in [2.24, 2.45) is 0 Å². The van der Waals surface area contributed by atoms with Crippen LogP contribution in [0.2, 0.25) is 0 Å². The molecule has 2 fully saturated rings. The van der Waals surface area contributed by atoms with Gasteiger partial charge in [0.05, 0.1) is 5.01 Å². The zero-order valence-corrected chi connectivity index (χ0v) is 12.1. The van der Waals surface area contributed by atoms with Gasteiger partial charge in [-0.3, -0.25) is 4.90 Å². The fourth-order valence-electron chi connectivity index (χ4n) is 3.26. The summed E-state index contributed by atoms with van der Waals surface area (Å²) in [6.07, 6.45) is 5.29. The van der Waals surface area contributed by atoms with Crippen molar-refractivity contribution in [2.75, 3.05) is 32.7 Å². The Hall–Kier alpha value is -0.450. The summed E-state index contributed by atoms with van der Waals surface area (Å²) in [7, 11) is 0. The lowest BCUT2D eigenvalue weighted by molar-refractivity contribution is 0.221. The number of thiazole rings is 1. The van der Waals surface area contributed by atoms with Crippen molar-refractivity contribution < 1.29 is 0 Å². The number of hydrogen-bond acceptors (Lipinski definition) is 4. The van der Waals surface area contributed by atoms with Crippen LogP contribution in [0.3, 0.4) is 0 Å². The van der Waals surface area contributed by atoms with Crippen LogP contribution >= 0.6 is 11.3 Å². The van der Waals surface area contributed by atoms with Gasteiger partial charge in [0.1, 0.15) is 0 Å². The van der Waals surface area contributed by atoms with Gasteiger partial charge in [0.25, 0.3) is 0 Å². The van der Waals surface area contributed by atoms with Gasteiger partial charge in [0, 0.05) is 36.6 Å². The molecule has 0 spiro atoms. The maximum Gasteiger partial charge on any atom is 0.0940 e. The van der Waals surface area contributed by atoms with Crippen LogP contribution < -0.4 is 0 Å². The first-order valence-corrected chi connectivity index (χ1v) is 8.06. The molecule has 0 N–H and O–H groups in total. The van der Waals surface area contributed by atoms with Crippen LogP contribution in [0.1, 0.15) is 30.0 Å². The second kappa shape index (κ2) is 5.68. The van der Waals surface area contributed by atoms with E-state index in [0.717, 1.165) is 12.5 Å². The predicted molar refractivity (Wildman–Crippen MR) is 76.2 cm³/mol.